The van der Waals surface area contributed by atoms with E-state index in [0.29, 0.717) is 5.56 Å². The fourth-order valence-corrected chi connectivity index (χ4v) is 1.52. The number of aromatic hydroxyl groups is 1. The van der Waals surface area contributed by atoms with Gasteiger partial charge >= 0.3 is 5.97 Å². The average Bonchev–Trinajstić information content (AvgIpc) is 2.61. The molecule has 0 radical (unpaired) electrons. The van der Waals surface area contributed by atoms with Gasteiger partial charge in [0, 0.05) is 6.20 Å². The van der Waals surface area contributed by atoms with Crippen LogP contribution in [0.25, 0.3) is 0 Å². The Morgan fingerprint density at radius 1 is 1.41 bits per heavy atom. The Kier molecular flexibility index (Phi) is 2.70. The predicted molar refractivity (Wildman–Crippen MR) is 59.2 cm³/mol. The van der Waals surface area contributed by atoms with E-state index in [2.05, 4.69) is 5.10 Å². The van der Waals surface area contributed by atoms with E-state index in [1.807, 2.05) is 0 Å². The minimum atomic E-state index is -1.26. The van der Waals surface area contributed by atoms with Crippen molar-refractivity contribution < 1.29 is 15.0 Å². The van der Waals surface area contributed by atoms with Crippen LogP contribution in [0.1, 0.15) is 15.9 Å². The highest BCUT2D eigenvalue weighted by atomic mass is 16.4. The second-order valence-corrected chi connectivity index (χ2v) is 3.55. The molecule has 2 aromatic rings. The molecule has 0 saturated heterocycles. The van der Waals surface area contributed by atoms with Gasteiger partial charge in [0.2, 0.25) is 0 Å². The first-order chi connectivity index (χ1) is 8.08. The van der Waals surface area contributed by atoms with Gasteiger partial charge in [0.15, 0.2) is 0 Å². The van der Waals surface area contributed by atoms with Gasteiger partial charge in [0.1, 0.15) is 11.3 Å². The largest absolute Gasteiger partial charge is 0.508 e. The third kappa shape index (κ3) is 2.20. The average molecular weight is 234 g/mol. The SMILES string of the molecule is O=C(O)c1c[nH]n(Cc2cccc(O)c2)c1=O. The van der Waals surface area contributed by atoms with Crippen molar-refractivity contribution in [3.05, 3.63) is 51.9 Å². The lowest BCUT2D eigenvalue weighted by atomic mass is 10.2. The Balaban J connectivity index is 2.31. The summed E-state index contributed by atoms with van der Waals surface area (Å²) in [7, 11) is 0. The van der Waals surface area contributed by atoms with E-state index < -0.39 is 11.5 Å². The first-order valence-corrected chi connectivity index (χ1v) is 4.87. The van der Waals surface area contributed by atoms with Crippen LogP contribution in [0.3, 0.4) is 0 Å². The van der Waals surface area contributed by atoms with Gasteiger partial charge in [-0.05, 0) is 17.7 Å². The maximum atomic E-state index is 11.6. The molecule has 0 fully saturated rings. The number of benzene rings is 1. The molecule has 6 nitrogen and oxygen atoms in total. The van der Waals surface area contributed by atoms with Crippen LogP contribution in [-0.4, -0.2) is 26.0 Å². The summed E-state index contributed by atoms with van der Waals surface area (Å²) in [6, 6.07) is 6.40. The number of nitrogens with zero attached hydrogens (tertiary/aromatic N) is 1. The summed E-state index contributed by atoms with van der Waals surface area (Å²) >= 11 is 0. The number of aromatic carboxylic acids is 1. The zero-order valence-electron chi connectivity index (χ0n) is 8.75. The van der Waals surface area contributed by atoms with Gasteiger partial charge in [-0.3, -0.25) is 4.79 Å². The van der Waals surface area contributed by atoms with Crippen LogP contribution in [0.2, 0.25) is 0 Å². The molecule has 0 spiro atoms. The Morgan fingerprint density at radius 2 is 2.18 bits per heavy atom. The molecule has 0 atom stereocenters. The van der Waals surface area contributed by atoms with Crippen LogP contribution in [0.4, 0.5) is 0 Å². The maximum absolute atomic E-state index is 11.6. The molecule has 0 bridgehead atoms. The molecule has 1 aromatic carbocycles. The molecule has 3 N–H and O–H groups in total. The summed E-state index contributed by atoms with van der Waals surface area (Å²) in [5.41, 5.74) is -0.197. The summed E-state index contributed by atoms with van der Waals surface area (Å²) in [4.78, 5) is 22.3. The lowest BCUT2D eigenvalue weighted by Gasteiger charge is -2.02. The molecule has 0 unspecified atom stereocenters. The second-order valence-electron chi connectivity index (χ2n) is 3.55. The third-order valence-electron chi connectivity index (χ3n) is 2.32. The first kappa shape index (κ1) is 11.0. The number of hydrogen-bond acceptors (Lipinski definition) is 3. The minimum Gasteiger partial charge on any atom is -0.508 e. The topological polar surface area (TPSA) is 95.3 Å². The lowest BCUT2D eigenvalue weighted by Crippen LogP contribution is -2.21. The number of carbonyl (C=O) groups is 1. The number of nitrogens with one attached hydrogen (secondary N) is 1. The number of H-pyrrole nitrogens is 1. The number of aromatic amines is 1. The summed E-state index contributed by atoms with van der Waals surface area (Å²) in [6.45, 7) is 0.181. The molecule has 0 aliphatic rings. The number of phenolic OH excluding ortho intramolecular Hbond substituents is 1. The van der Waals surface area contributed by atoms with Crippen LogP contribution >= 0.6 is 0 Å². The molecule has 17 heavy (non-hydrogen) atoms. The van der Waals surface area contributed by atoms with Gasteiger partial charge in [-0.15, -0.1) is 0 Å². The van der Waals surface area contributed by atoms with Gasteiger partial charge in [-0.25, -0.2) is 9.48 Å². The quantitative estimate of drug-likeness (QED) is 0.725. The summed E-state index contributed by atoms with van der Waals surface area (Å²) in [5.74, 6) is -1.17. The number of rotatable bonds is 3. The molecule has 1 aromatic heterocycles. The van der Waals surface area contributed by atoms with E-state index in [0.717, 1.165) is 10.9 Å². The first-order valence-electron chi connectivity index (χ1n) is 4.87. The van der Waals surface area contributed by atoms with Crippen LogP contribution < -0.4 is 5.56 Å². The molecule has 0 saturated carbocycles. The second kappa shape index (κ2) is 4.17. The molecule has 1 heterocycles. The zero-order valence-corrected chi connectivity index (χ0v) is 8.75. The summed E-state index contributed by atoms with van der Waals surface area (Å²) < 4.78 is 1.16. The highest BCUT2D eigenvalue weighted by Crippen LogP contribution is 2.11. The van der Waals surface area contributed by atoms with Crippen LogP contribution in [0.5, 0.6) is 5.75 Å². The van der Waals surface area contributed by atoms with Crippen LogP contribution in [0.15, 0.2) is 35.3 Å². The molecule has 88 valence electrons. The lowest BCUT2D eigenvalue weighted by molar-refractivity contribution is 0.0695. The predicted octanol–water partition coefficient (Wildman–Crippen LogP) is 0.629. The van der Waals surface area contributed by atoms with Crippen molar-refractivity contribution in [1.82, 2.24) is 9.78 Å². The third-order valence-corrected chi connectivity index (χ3v) is 2.32. The minimum absolute atomic E-state index is 0.0977. The van der Waals surface area contributed by atoms with Crippen molar-refractivity contribution in [1.29, 1.82) is 0 Å². The Morgan fingerprint density at radius 3 is 2.76 bits per heavy atom. The molecule has 0 aliphatic heterocycles. The summed E-state index contributed by atoms with van der Waals surface area (Å²) in [6.07, 6.45) is 1.15. The molecule has 0 aliphatic carbocycles. The van der Waals surface area contributed by atoms with Crippen molar-refractivity contribution in [2.45, 2.75) is 6.54 Å². The highest BCUT2D eigenvalue weighted by molar-refractivity contribution is 5.86. The van der Waals surface area contributed by atoms with Crippen LogP contribution in [-0.2, 0) is 6.54 Å². The fourth-order valence-electron chi connectivity index (χ4n) is 1.52. The van der Waals surface area contributed by atoms with E-state index in [9.17, 15) is 14.7 Å². The standard InChI is InChI=1S/C11H10N2O4/c14-8-3-1-2-7(4-8)6-13-10(15)9(5-12-13)11(16)17/h1-5,12,14H,6H2,(H,16,17). The maximum Gasteiger partial charge on any atom is 0.342 e. The molecular weight excluding hydrogens is 224 g/mol. The molecule has 0 amide bonds. The number of aromatic nitrogens is 2. The van der Waals surface area contributed by atoms with Crippen molar-refractivity contribution in [2.75, 3.05) is 0 Å². The van der Waals surface area contributed by atoms with Crippen molar-refractivity contribution in [3.8, 4) is 5.75 Å². The van der Waals surface area contributed by atoms with Gasteiger partial charge in [-0.1, -0.05) is 12.1 Å². The van der Waals surface area contributed by atoms with Gasteiger partial charge in [0.05, 0.1) is 6.54 Å². The Labute approximate surface area is 95.7 Å². The highest BCUT2D eigenvalue weighted by Gasteiger charge is 2.12. The molecule has 6 heteroatoms. The van der Waals surface area contributed by atoms with Gasteiger partial charge in [0.25, 0.3) is 5.56 Å². The monoisotopic (exact) mass is 234 g/mol. The van der Waals surface area contributed by atoms with E-state index in [1.165, 1.54) is 12.1 Å². The normalized spacial score (nSPS) is 10.4. The van der Waals surface area contributed by atoms with Crippen molar-refractivity contribution >= 4 is 5.97 Å². The number of carboxylic acid groups (broad SMARTS) is 1. The van der Waals surface area contributed by atoms with E-state index in [-0.39, 0.29) is 17.9 Å². The number of phenols is 1. The summed E-state index contributed by atoms with van der Waals surface area (Å²) in [5, 5.41) is 20.5. The van der Waals surface area contributed by atoms with Crippen LogP contribution in [0, 0.1) is 0 Å². The number of hydrogen-bond donors (Lipinski definition) is 3. The Hall–Kier alpha value is -2.50. The molecular formula is C11H10N2O4. The van der Waals surface area contributed by atoms with E-state index >= 15 is 0 Å². The smallest absolute Gasteiger partial charge is 0.342 e. The van der Waals surface area contributed by atoms with Crippen molar-refractivity contribution in [3.63, 3.8) is 0 Å². The zero-order chi connectivity index (χ0) is 12.4. The fraction of sp³-hybridized carbons (Fsp3) is 0.0909. The molecule has 2 rings (SSSR count). The van der Waals surface area contributed by atoms with Gasteiger partial charge < -0.3 is 15.3 Å². The Bertz CT molecular complexity index is 612. The van der Waals surface area contributed by atoms with E-state index in [4.69, 9.17) is 5.11 Å². The van der Waals surface area contributed by atoms with E-state index in [1.54, 1.807) is 12.1 Å². The van der Waals surface area contributed by atoms with Gasteiger partial charge in [-0.2, -0.15) is 0 Å². The van der Waals surface area contributed by atoms with Crippen molar-refractivity contribution in [2.24, 2.45) is 0 Å². The number of carboxylic acids is 1.